The molecule has 0 bridgehead atoms. The molecule has 0 fully saturated rings. The second-order valence-electron chi connectivity index (χ2n) is 1.93. The van der Waals surface area contributed by atoms with Crippen LogP contribution in [-0.2, 0) is 0 Å². The maximum absolute atomic E-state index is 11.7. The van der Waals surface area contributed by atoms with E-state index in [1.165, 1.54) is 0 Å². The molecule has 10 heavy (non-hydrogen) atoms. The largest absolute Gasteiger partial charge is 0.251 e. The molecule has 0 N–H and O–H groups in total. The number of alkyl halides is 4. The van der Waals surface area contributed by atoms with Crippen LogP contribution in [0.25, 0.3) is 0 Å². The van der Waals surface area contributed by atoms with Crippen molar-refractivity contribution in [2.24, 2.45) is 5.92 Å². The summed E-state index contributed by atoms with van der Waals surface area (Å²) in [6.45, 7) is -4.20. The average Bonchev–Trinajstić information content (AvgIpc) is 2.00. The van der Waals surface area contributed by atoms with Crippen molar-refractivity contribution in [2.75, 3.05) is 26.7 Å². The number of hydrogen-bond donors (Lipinski definition) is 0. The number of halogens is 4. The fourth-order valence-corrected chi connectivity index (χ4v) is 0.513. The molecule has 0 atom stereocenters. The highest BCUT2D eigenvalue weighted by atomic mass is 19.1. The van der Waals surface area contributed by atoms with Gasteiger partial charge in [-0.1, -0.05) is 0 Å². The third kappa shape index (κ3) is 2.54. The van der Waals surface area contributed by atoms with Gasteiger partial charge >= 0.3 is 0 Å². The monoisotopic (exact) mass is 157 g/mol. The molecule has 0 amide bonds. The lowest BCUT2D eigenvalue weighted by molar-refractivity contribution is 0.255. The van der Waals surface area contributed by atoms with Gasteiger partial charge in [-0.05, 0) is 0 Å². The average molecular weight is 157 g/mol. The van der Waals surface area contributed by atoms with E-state index in [-0.39, 0.29) is 5.92 Å². The second-order valence-corrected chi connectivity index (χ2v) is 1.93. The minimum Gasteiger partial charge on any atom is -0.251 e. The van der Waals surface area contributed by atoms with Gasteiger partial charge in [-0.2, -0.15) is 0 Å². The number of rotatable bonds is 5. The first-order chi connectivity index (χ1) is 4.79. The minimum absolute atomic E-state index is 0.329. The summed E-state index contributed by atoms with van der Waals surface area (Å²) in [6.07, 6.45) is 0. The van der Waals surface area contributed by atoms with Crippen molar-refractivity contribution in [3.63, 3.8) is 0 Å². The van der Waals surface area contributed by atoms with Gasteiger partial charge in [0.15, 0.2) is 0 Å². The van der Waals surface area contributed by atoms with Gasteiger partial charge in [-0.15, -0.1) is 0 Å². The molecule has 0 saturated carbocycles. The van der Waals surface area contributed by atoms with E-state index in [2.05, 4.69) is 0 Å². The lowest BCUT2D eigenvalue weighted by Gasteiger charge is -2.14. The third-order valence-electron chi connectivity index (χ3n) is 1.29. The summed E-state index contributed by atoms with van der Waals surface area (Å²) in [4.78, 5) is 0. The van der Waals surface area contributed by atoms with E-state index < -0.39 is 32.6 Å². The Labute approximate surface area is 57.2 Å². The molecule has 0 saturated heterocycles. The summed E-state index contributed by atoms with van der Waals surface area (Å²) in [5.41, 5.74) is 0. The molecule has 0 aliphatic heterocycles. The molecule has 0 aromatic rings. The van der Waals surface area contributed by atoms with Crippen LogP contribution in [0.15, 0.2) is 0 Å². The standard InChI is InChI=1S/C6H9F4/c7-1-5(2-8)6(3-9)4-10/h5H,1-4H2. The van der Waals surface area contributed by atoms with E-state index in [0.29, 0.717) is 0 Å². The third-order valence-corrected chi connectivity index (χ3v) is 1.29. The lowest BCUT2D eigenvalue weighted by atomic mass is 9.97. The van der Waals surface area contributed by atoms with Crippen LogP contribution in [0.2, 0.25) is 0 Å². The van der Waals surface area contributed by atoms with Crippen LogP contribution in [0.1, 0.15) is 0 Å². The van der Waals surface area contributed by atoms with E-state index in [9.17, 15) is 17.6 Å². The first kappa shape index (κ1) is 9.72. The summed E-state index contributed by atoms with van der Waals surface area (Å²) >= 11 is 0. The van der Waals surface area contributed by atoms with Crippen molar-refractivity contribution in [3.05, 3.63) is 5.92 Å². The van der Waals surface area contributed by atoms with Crippen LogP contribution < -0.4 is 0 Å². The Hall–Kier alpha value is -0.280. The van der Waals surface area contributed by atoms with Crippen molar-refractivity contribution in [2.45, 2.75) is 0 Å². The topological polar surface area (TPSA) is 0 Å². The predicted octanol–water partition coefficient (Wildman–Crippen LogP) is 2.06. The highest BCUT2D eigenvalue weighted by Crippen LogP contribution is 2.16. The Morgan fingerprint density at radius 2 is 1.30 bits per heavy atom. The quantitative estimate of drug-likeness (QED) is 0.536. The maximum atomic E-state index is 11.7. The Kier molecular flexibility index (Phi) is 5.35. The molecule has 0 aliphatic carbocycles. The van der Waals surface area contributed by atoms with Crippen LogP contribution in [-0.4, -0.2) is 26.7 Å². The van der Waals surface area contributed by atoms with Crippen molar-refractivity contribution in [1.82, 2.24) is 0 Å². The molecule has 0 aromatic heterocycles. The Morgan fingerprint density at radius 1 is 0.900 bits per heavy atom. The predicted molar refractivity (Wildman–Crippen MR) is 30.6 cm³/mol. The van der Waals surface area contributed by atoms with Gasteiger partial charge in [0.2, 0.25) is 0 Å². The molecule has 1 radical (unpaired) electrons. The molecule has 4 heteroatoms. The molecular weight excluding hydrogens is 148 g/mol. The Morgan fingerprint density at radius 3 is 1.40 bits per heavy atom. The molecule has 0 rings (SSSR count). The van der Waals surface area contributed by atoms with Gasteiger partial charge in [0.1, 0.15) is 0 Å². The molecule has 61 valence electrons. The van der Waals surface area contributed by atoms with Crippen LogP contribution in [0.3, 0.4) is 0 Å². The lowest BCUT2D eigenvalue weighted by Crippen LogP contribution is -2.20. The first-order valence-corrected chi connectivity index (χ1v) is 2.88. The first-order valence-electron chi connectivity index (χ1n) is 2.88. The van der Waals surface area contributed by atoms with Crippen LogP contribution in [0.5, 0.6) is 0 Å². The van der Waals surface area contributed by atoms with Gasteiger partial charge in [0.05, 0.1) is 26.7 Å². The highest BCUT2D eigenvalue weighted by Gasteiger charge is 2.21. The van der Waals surface area contributed by atoms with Crippen LogP contribution in [0.4, 0.5) is 17.6 Å². The molecule has 0 aliphatic rings. The minimum atomic E-state index is -1.19. The van der Waals surface area contributed by atoms with Crippen LogP contribution >= 0.6 is 0 Å². The maximum Gasteiger partial charge on any atom is 0.0987 e. The molecule has 0 unspecified atom stereocenters. The normalized spacial score (nSPS) is 11.4. The van der Waals surface area contributed by atoms with Crippen LogP contribution in [0, 0.1) is 11.8 Å². The Balaban J connectivity index is 3.70. The zero-order valence-corrected chi connectivity index (χ0v) is 5.42. The van der Waals surface area contributed by atoms with Gasteiger partial charge in [0.25, 0.3) is 0 Å². The summed E-state index contributed by atoms with van der Waals surface area (Å²) in [5.74, 6) is -1.51. The van der Waals surface area contributed by atoms with Crippen molar-refractivity contribution in [1.29, 1.82) is 0 Å². The molecular formula is C6H9F4. The van der Waals surface area contributed by atoms with E-state index in [0.717, 1.165) is 0 Å². The number of hydrogen-bond acceptors (Lipinski definition) is 0. The highest BCUT2D eigenvalue weighted by molar-refractivity contribution is 4.95. The molecule has 0 spiro atoms. The van der Waals surface area contributed by atoms with Gasteiger partial charge in [-0.3, -0.25) is 17.6 Å². The molecule has 0 heterocycles. The van der Waals surface area contributed by atoms with E-state index in [1.807, 2.05) is 0 Å². The van der Waals surface area contributed by atoms with Gasteiger partial charge in [0, 0.05) is 11.8 Å². The second kappa shape index (κ2) is 5.50. The Bertz CT molecular complexity index is 58.1. The SMILES string of the molecule is FC[C](CF)C(CF)CF. The van der Waals surface area contributed by atoms with E-state index in [1.54, 1.807) is 0 Å². The van der Waals surface area contributed by atoms with Gasteiger partial charge in [-0.25, -0.2) is 0 Å². The summed E-state index contributed by atoms with van der Waals surface area (Å²) in [7, 11) is 0. The van der Waals surface area contributed by atoms with Crippen molar-refractivity contribution < 1.29 is 17.6 Å². The summed E-state index contributed by atoms with van der Waals surface area (Å²) < 4.78 is 46.7. The molecule has 0 nitrogen and oxygen atoms in total. The van der Waals surface area contributed by atoms with E-state index in [4.69, 9.17) is 0 Å². The molecule has 0 aromatic carbocycles. The fourth-order valence-electron chi connectivity index (χ4n) is 0.513. The summed E-state index contributed by atoms with van der Waals surface area (Å²) in [5, 5.41) is 0. The van der Waals surface area contributed by atoms with Crippen molar-refractivity contribution in [3.8, 4) is 0 Å². The van der Waals surface area contributed by atoms with E-state index >= 15 is 0 Å². The smallest absolute Gasteiger partial charge is 0.0987 e. The van der Waals surface area contributed by atoms with Crippen molar-refractivity contribution >= 4 is 0 Å². The zero-order valence-electron chi connectivity index (χ0n) is 5.42. The summed E-state index contributed by atoms with van der Waals surface area (Å²) in [6, 6.07) is 0. The fraction of sp³-hybridized carbons (Fsp3) is 0.833. The van der Waals surface area contributed by atoms with Gasteiger partial charge < -0.3 is 0 Å². The zero-order chi connectivity index (χ0) is 7.98.